The molecule has 0 saturated carbocycles. The second-order valence-corrected chi connectivity index (χ2v) is 6.09. The highest BCUT2D eigenvalue weighted by Gasteiger charge is 2.07. The van der Waals surface area contributed by atoms with Crippen molar-refractivity contribution in [3.63, 3.8) is 0 Å². The summed E-state index contributed by atoms with van der Waals surface area (Å²) in [7, 11) is 1.64. The maximum Gasteiger partial charge on any atom is 0.229 e. The maximum absolute atomic E-state index is 6.35. The van der Waals surface area contributed by atoms with Gasteiger partial charge in [-0.05, 0) is 61.4 Å². The molecule has 2 aromatic carbocycles. The van der Waals surface area contributed by atoms with E-state index in [1.807, 2.05) is 44.2 Å². The summed E-state index contributed by atoms with van der Waals surface area (Å²) in [5, 5.41) is 7.11. The molecule has 6 heteroatoms. The largest absolute Gasteiger partial charge is 0.497 e. The molecule has 0 atom stereocenters. The number of benzene rings is 2. The molecule has 1 heterocycles. The first-order chi connectivity index (χ1) is 12.0. The smallest absolute Gasteiger partial charge is 0.229 e. The van der Waals surface area contributed by atoms with Crippen molar-refractivity contribution in [3.8, 4) is 5.75 Å². The van der Waals surface area contributed by atoms with Crippen molar-refractivity contribution in [1.82, 2.24) is 9.97 Å². The van der Waals surface area contributed by atoms with Gasteiger partial charge < -0.3 is 15.4 Å². The van der Waals surface area contributed by atoms with Crippen LogP contribution in [0.5, 0.6) is 5.75 Å². The summed E-state index contributed by atoms with van der Waals surface area (Å²) in [5.41, 5.74) is 3.91. The molecule has 5 nitrogen and oxygen atoms in total. The average molecular weight is 355 g/mol. The van der Waals surface area contributed by atoms with Crippen molar-refractivity contribution in [2.75, 3.05) is 17.7 Å². The van der Waals surface area contributed by atoms with Crippen LogP contribution in [0.25, 0.3) is 0 Å². The van der Waals surface area contributed by atoms with Crippen LogP contribution in [0.2, 0.25) is 5.02 Å². The van der Waals surface area contributed by atoms with Crippen LogP contribution < -0.4 is 15.4 Å². The van der Waals surface area contributed by atoms with E-state index in [1.165, 1.54) is 0 Å². The van der Waals surface area contributed by atoms with Crippen LogP contribution in [0.1, 0.15) is 11.1 Å². The highest BCUT2D eigenvalue weighted by molar-refractivity contribution is 6.33. The lowest BCUT2D eigenvalue weighted by molar-refractivity contribution is 0.415. The van der Waals surface area contributed by atoms with Crippen LogP contribution >= 0.6 is 11.6 Å². The Labute approximate surface area is 152 Å². The quantitative estimate of drug-likeness (QED) is 0.656. The standard InChI is InChI=1S/C19H19ClN4O/c1-12-10-13(2)18(16(20)11-12)23-17-8-9-21-19(24-17)22-14-4-6-15(25-3)7-5-14/h4-11H,1-3H3,(H2,21,22,23,24). The number of nitrogens with zero attached hydrogens (tertiary/aromatic N) is 2. The van der Waals surface area contributed by atoms with Gasteiger partial charge in [0.05, 0.1) is 17.8 Å². The zero-order chi connectivity index (χ0) is 17.8. The van der Waals surface area contributed by atoms with Crippen LogP contribution in [0.15, 0.2) is 48.7 Å². The monoisotopic (exact) mass is 354 g/mol. The van der Waals surface area contributed by atoms with Gasteiger partial charge in [0.25, 0.3) is 0 Å². The van der Waals surface area contributed by atoms with Gasteiger partial charge >= 0.3 is 0 Å². The van der Waals surface area contributed by atoms with Gasteiger partial charge in [-0.1, -0.05) is 17.7 Å². The number of anilines is 4. The van der Waals surface area contributed by atoms with E-state index in [0.29, 0.717) is 16.8 Å². The second kappa shape index (κ2) is 7.40. The molecule has 0 fully saturated rings. The number of aryl methyl sites for hydroxylation is 2. The molecule has 0 aliphatic heterocycles. The number of halogens is 1. The highest BCUT2D eigenvalue weighted by Crippen LogP contribution is 2.30. The molecule has 2 N–H and O–H groups in total. The van der Waals surface area contributed by atoms with E-state index in [0.717, 1.165) is 28.3 Å². The van der Waals surface area contributed by atoms with Gasteiger partial charge in [0.1, 0.15) is 11.6 Å². The number of hydrogen-bond acceptors (Lipinski definition) is 5. The van der Waals surface area contributed by atoms with Gasteiger partial charge in [-0.15, -0.1) is 0 Å². The highest BCUT2D eigenvalue weighted by atomic mass is 35.5. The lowest BCUT2D eigenvalue weighted by Crippen LogP contribution is -2.01. The number of aromatic nitrogens is 2. The first-order valence-corrected chi connectivity index (χ1v) is 8.21. The van der Waals surface area contributed by atoms with Crippen molar-refractivity contribution in [3.05, 3.63) is 64.8 Å². The normalized spacial score (nSPS) is 10.4. The molecule has 3 rings (SSSR count). The van der Waals surface area contributed by atoms with Crippen LogP contribution in [0, 0.1) is 13.8 Å². The second-order valence-electron chi connectivity index (χ2n) is 5.68. The lowest BCUT2D eigenvalue weighted by Gasteiger charge is -2.13. The lowest BCUT2D eigenvalue weighted by atomic mass is 10.1. The van der Waals surface area contributed by atoms with Crippen molar-refractivity contribution in [2.24, 2.45) is 0 Å². The number of rotatable bonds is 5. The number of hydrogen-bond donors (Lipinski definition) is 2. The van der Waals surface area contributed by atoms with Crippen LogP contribution in [0.4, 0.5) is 23.1 Å². The zero-order valence-corrected chi connectivity index (χ0v) is 15.1. The van der Waals surface area contributed by atoms with Gasteiger partial charge in [0, 0.05) is 11.9 Å². The minimum atomic E-state index is 0.496. The minimum absolute atomic E-state index is 0.496. The molecule has 0 unspecified atom stereocenters. The first-order valence-electron chi connectivity index (χ1n) is 7.83. The Kier molecular flexibility index (Phi) is 5.05. The van der Waals surface area contributed by atoms with Crippen LogP contribution in [-0.2, 0) is 0 Å². The first kappa shape index (κ1) is 17.0. The molecule has 0 aliphatic carbocycles. The SMILES string of the molecule is COc1ccc(Nc2nccc(Nc3c(C)cc(C)cc3Cl)n2)cc1. The van der Waals surface area contributed by atoms with Gasteiger partial charge in [-0.2, -0.15) is 4.98 Å². The van der Waals surface area contributed by atoms with E-state index < -0.39 is 0 Å². The Morgan fingerprint density at radius 3 is 2.44 bits per heavy atom. The summed E-state index contributed by atoms with van der Waals surface area (Å²) in [4.78, 5) is 8.74. The molecular weight excluding hydrogens is 336 g/mol. The van der Waals surface area contributed by atoms with E-state index in [-0.39, 0.29) is 0 Å². The topological polar surface area (TPSA) is 59.1 Å². The molecule has 3 aromatic rings. The predicted octanol–water partition coefficient (Wildman–Crippen LogP) is 5.24. The van der Waals surface area contributed by atoms with Crippen LogP contribution in [-0.4, -0.2) is 17.1 Å². The predicted molar refractivity (Wildman–Crippen MR) is 103 cm³/mol. The summed E-state index contributed by atoms with van der Waals surface area (Å²) < 4.78 is 5.15. The Balaban J connectivity index is 1.79. The Hall–Kier alpha value is -2.79. The van der Waals surface area contributed by atoms with Crippen LogP contribution in [0.3, 0.4) is 0 Å². The van der Waals surface area contributed by atoms with E-state index in [4.69, 9.17) is 16.3 Å². The fourth-order valence-electron chi connectivity index (χ4n) is 2.49. The van der Waals surface area contributed by atoms with Crippen molar-refractivity contribution in [1.29, 1.82) is 0 Å². The molecule has 0 bridgehead atoms. The van der Waals surface area contributed by atoms with Gasteiger partial charge in [-0.3, -0.25) is 0 Å². The Morgan fingerprint density at radius 1 is 1.00 bits per heavy atom. The van der Waals surface area contributed by atoms with E-state index in [1.54, 1.807) is 19.4 Å². The maximum atomic E-state index is 6.35. The summed E-state index contributed by atoms with van der Waals surface area (Å²) >= 11 is 6.35. The molecule has 128 valence electrons. The number of nitrogens with one attached hydrogen (secondary N) is 2. The third-order valence-corrected chi connectivity index (χ3v) is 3.98. The summed E-state index contributed by atoms with van der Waals surface area (Å²) in [6.45, 7) is 4.03. The van der Waals surface area contributed by atoms with Crippen molar-refractivity contribution < 1.29 is 4.74 Å². The average Bonchev–Trinajstić information content (AvgIpc) is 2.59. The molecule has 25 heavy (non-hydrogen) atoms. The van der Waals surface area contributed by atoms with Gasteiger partial charge in [0.15, 0.2) is 0 Å². The molecule has 1 aromatic heterocycles. The van der Waals surface area contributed by atoms with Gasteiger partial charge in [0.2, 0.25) is 5.95 Å². The summed E-state index contributed by atoms with van der Waals surface area (Å²) in [6.07, 6.45) is 1.69. The fraction of sp³-hybridized carbons (Fsp3) is 0.158. The Bertz CT molecular complexity index is 858. The van der Waals surface area contributed by atoms with E-state index in [2.05, 4.69) is 26.7 Å². The molecule has 0 aliphatic rings. The molecular formula is C19H19ClN4O. The van der Waals surface area contributed by atoms with Crippen molar-refractivity contribution in [2.45, 2.75) is 13.8 Å². The van der Waals surface area contributed by atoms with E-state index >= 15 is 0 Å². The summed E-state index contributed by atoms with van der Waals surface area (Å²) in [5.74, 6) is 1.96. The molecule has 0 saturated heterocycles. The number of methoxy groups -OCH3 is 1. The Morgan fingerprint density at radius 2 is 1.76 bits per heavy atom. The number of ether oxygens (including phenoxy) is 1. The molecule has 0 amide bonds. The molecule has 0 radical (unpaired) electrons. The zero-order valence-electron chi connectivity index (χ0n) is 14.3. The third-order valence-electron chi connectivity index (χ3n) is 3.69. The summed E-state index contributed by atoms with van der Waals surface area (Å²) in [6, 6.07) is 13.4. The van der Waals surface area contributed by atoms with Gasteiger partial charge in [-0.25, -0.2) is 4.98 Å². The minimum Gasteiger partial charge on any atom is -0.497 e. The third kappa shape index (κ3) is 4.19. The van der Waals surface area contributed by atoms with E-state index in [9.17, 15) is 0 Å². The molecule has 0 spiro atoms. The van der Waals surface area contributed by atoms with Crippen molar-refractivity contribution >= 4 is 34.7 Å². The fourth-order valence-corrected chi connectivity index (χ4v) is 2.86.